The van der Waals surface area contributed by atoms with Crippen LogP contribution in [-0.2, 0) is 4.79 Å². The smallest absolute Gasteiger partial charge is 0.317 e. The molecule has 2 N–H and O–H groups in total. The summed E-state index contributed by atoms with van der Waals surface area (Å²) in [7, 11) is 2.01. The van der Waals surface area contributed by atoms with Crippen LogP contribution in [0.15, 0.2) is 30.3 Å². The molecule has 2 bridgehead atoms. The second-order valence-electron chi connectivity index (χ2n) is 6.73. The van der Waals surface area contributed by atoms with Crippen LogP contribution in [0.4, 0.5) is 10.5 Å². The van der Waals surface area contributed by atoms with Crippen molar-refractivity contribution < 1.29 is 9.59 Å². The van der Waals surface area contributed by atoms with E-state index in [4.69, 9.17) is 0 Å². The van der Waals surface area contributed by atoms with Gasteiger partial charge in [-0.15, -0.1) is 0 Å². The first kappa shape index (κ1) is 16.6. The highest BCUT2D eigenvalue weighted by atomic mass is 16.2. The van der Waals surface area contributed by atoms with E-state index < -0.39 is 0 Å². The maximum Gasteiger partial charge on any atom is 0.317 e. The summed E-state index contributed by atoms with van der Waals surface area (Å²) in [5.41, 5.74) is 1.13. The Morgan fingerprint density at radius 3 is 2.88 bits per heavy atom. The summed E-state index contributed by atoms with van der Waals surface area (Å²) in [6.45, 7) is 2.47. The van der Waals surface area contributed by atoms with E-state index in [2.05, 4.69) is 27.7 Å². The number of benzene rings is 1. The first-order valence-corrected chi connectivity index (χ1v) is 8.73. The Bertz CT molecular complexity index is 578. The molecule has 1 aromatic rings. The van der Waals surface area contributed by atoms with Gasteiger partial charge in [-0.1, -0.05) is 24.6 Å². The molecule has 2 atom stereocenters. The van der Waals surface area contributed by atoms with Crippen LogP contribution in [0.2, 0.25) is 0 Å². The van der Waals surface area contributed by atoms with E-state index in [0.717, 1.165) is 31.5 Å². The molecule has 3 rings (SSSR count). The minimum Gasteiger partial charge on any atom is -0.373 e. The molecule has 1 aromatic carbocycles. The number of amides is 3. The molecular weight excluding hydrogens is 304 g/mol. The van der Waals surface area contributed by atoms with E-state index >= 15 is 0 Å². The van der Waals surface area contributed by atoms with E-state index in [-0.39, 0.29) is 23.9 Å². The topological polar surface area (TPSA) is 64.7 Å². The highest BCUT2D eigenvalue weighted by Crippen LogP contribution is 2.21. The maximum atomic E-state index is 12.5. The molecule has 2 aliphatic rings. The molecule has 2 fully saturated rings. The van der Waals surface area contributed by atoms with Gasteiger partial charge in [-0.05, 0) is 25.0 Å². The molecule has 24 heavy (non-hydrogen) atoms. The van der Waals surface area contributed by atoms with Gasteiger partial charge in [0.15, 0.2) is 0 Å². The molecule has 130 valence electrons. The predicted molar refractivity (Wildman–Crippen MR) is 94.0 cm³/mol. The number of nitrogens with zero attached hydrogens (tertiary/aromatic N) is 2. The zero-order valence-corrected chi connectivity index (χ0v) is 14.2. The van der Waals surface area contributed by atoms with Gasteiger partial charge in [-0.2, -0.15) is 0 Å². The maximum absolute atomic E-state index is 12.5. The summed E-state index contributed by atoms with van der Waals surface area (Å²) in [5.74, 6) is 0.0480. The van der Waals surface area contributed by atoms with Crippen LogP contribution in [0, 0.1) is 5.92 Å². The van der Waals surface area contributed by atoms with Crippen LogP contribution >= 0.6 is 0 Å². The monoisotopic (exact) mass is 330 g/mol. The van der Waals surface area contributed by atoms with Crippen molar-refractivity contribution in [2.24, 2.45) is 5.92 Å². The Kier molecular flexibility index (Phi) is 5.23. The van der Waals surface area contributed by atoms with Crippen LogP contribution in [-0.4, -0.2) is 56.1 Å². The van der Waals surface area contributed by atoms with Gasteiger partial charge in [0, 0.05) is 45.0 Å². The van der Waals surface area contributed by atoms with E-state index in [1.807, 2.05) is 25.2 Å². The first-order valence-electron chi connectivity index (χ1n) is 8.73. The van der Waals surface area contributed by atoms with E-state index in [9.17, 15) is 9.59 Å². The van der Waals surface area contributed by atoms with Gasteiger partial charge in [0.1, 0.15) is 0 Å². The number of fused-ring (bicyclic) bond motifs is 3. The SMILES string of the molecule is CN(CCNC(=O)N1C[C@@H]2CCC[C@H](C1)C(=O)N2)c1ccccc1. The number of rotatable bonds is 4. The summed E-state index contributed by atoms with van der Waals surface area (Å²) < 4.78 is 0. The highest BCUT2D eigenvalue weighted by molar-refractivity contribution is 5.82. The quantitative estimate of drug-likeness (QED) is 0.878. The number of hydrogen-bond acceptors (Lipinski definition) is 3. The van der Waals surface area contributed by atoms with E-state index in [1.165, 1.54) is 0 Å². The van der Waals surface area contributed by atoms with Crippen LogP contribution in [0.3, 0.4) is 0 Å². The van der Waals surface area contributed by atoms with Crippen LogP contribution < -0.4 is 15.5 Å². The van der Waals surface area contributed by atoms with Crippen molar-refractivity contribution in [2.75, 3.05) is 38.1 Å². The number of hydrogen-bond donors (Lipinski definition) is 2. The van der Waals surface area contributed by atoms with Gasteiger partial charge < -0.3 is 20.4 Å². The van der Waals surface area contributed by atoms with Gasteiger partial charge in [-0.25, -0.2) is 4.79 Å². The standard InChI is InChI=1S/C18H26N4O2/c1-21(16-8-3-2-4-9-16)11-10-19-18(24)22-12-14-6-5-7-15(13-22)20-17(14)23/h2-4,8-9,14-15H,5-7,10-13H2,1H3,(H,19,24)(H,20,23)/t14-,15+/m1/s1. The van der Waals surface area contributed by atoms with Crippen LogP contribution in [0.25, 0.3) is 0 Å². The van der Waals surface area contributed by atoms with Crippen molar-refractivity contribution in [1.29, 1.82) is 0 Å². The Balaban J connectivity index is 1.49. The lowest BCUT2D eigenvalue weighted by molar-refractivity contribution is -0.124. The Morgan fingerprint density at radius 1 is 1.29 bits per heavy atom. The van der Waals surface area contributed by atoms with Gasteiger partial charge in [-0.3, -0.25) is 4.79 Å². The number of likely N-dealkylation sites (N-methyl/N-ethyl adjacent to an activating group) is 1. The Labute approximate surface area is 143 Å². The number of urea groups is 1. The van der Waals surface area contributed by atoms with Crippen LogP contribution in [0.1, 0.15) is 19.3 Å². The van der Waals surface area contributed by atoms with Crippen molar-refractivity contribution >= 4 is 17.6 Å². The fraction of sp³-hybridized carbons (Fsp3) is 0.556. The third-order valence-electron chi connectivity index (χ3n) is 4.91. The molecule has 0 aromatic heterocycles. The molecule has 2 aliphatic heterocycles. The number of anilines is 1. The normalized spacial score (nSPS) is 23.2. The lowest BCUT2D eigenvalue weighted by atomic mass is 9.99. The highest BCUT2D eigenvalue weighted by Gasteiger charge is 2.34. The summed E-state index contributed by atoms with van der Waals surface area (Å²) in [6, 6.07) is 10.1. The van der Waals surface area contributed by atoms with Gasteiger partial charge in [0.2, 0.25) is 5.91 Å². The summed E-state index contributed by atoms with van der Waals surface area (Å²) >= 11 is 0. The minimum atomic E-state index is -0.0649. The lowest BCUT2D eigenvalue weighted by Crippen LogP contribution is -2.47. The molecule has 0 unspecified atom stereocenters. The molecule has 0 saturated carbocycles. The van der Waals surface area contributed by atoms with Gasteiger partial charge >= 0.3 is 6.03 Å². The third-order valence-corrected chi connectivity index (χ3v) is 4.91. The number of para-hydroxylation sites is 1. The second kappa shape index (κ2) is 7.55. The fourth-order valence-corrected chi connectivity index (χ4v) is 3.47. The largest absolute Gasteiger partial charge is 0.373 e. The molecule has 3 amide bonds. The molecule has 6 nitrogen and oxygen atoms in total. The molecule has 2 saturated heterocycles. The van der Waals surface area contributed by atoms with Crippen molar-refractivity contribution in [3.8, 4) is 0 Å². The van der Waals surface area contributed by atoms with Crippen molar-refractivity contribution in [3.05, 3.63) is 30.3 Å². The summed E-state index contributed by atoms with van der Waals surface area (Å²) in [5, 5.41) is 6.04. The average Bonchev–Trinajstić information content (AvgIpc) is 2.84. The molecular formula is C18H26N4O2. The molecule has 0 radical (unpaired) electrons. The lowest BCUT2D eigenvalue weighted by Gasteiger charge is -2.28. The number of carbonyl (C=O) groups excluding carboxylic acids is 2. The first-order chi connectivity index (χ1) is 11.6. The Morgan fingerprint density at radius 2 is 2.08 bits per heavy atom. The van der Waals surface area contributed by atoms with Gasteiger partial charge in [0.05, 0.1) is 5.92 Å². The molecule has 2 heterocycles. The summed E-state index contributed by atoms with van der Waals surface area (Å²) in [6.07, 6.45) is 2.90. The molecule has 6 heteroatoms. The zero-order valence-electron chi connectivity index (χ0n) is 14.2. The van der Waals surface area contributed by atoms with E-state index in [1.54, 1.807) is 4.90 Å². The summed E-state index contributed by atoms with van der Waals surface area (Å²) in [4.78, 5) is 28.4. The number of carbonyl (C=O) groups is 2. The molecule has 0 aliphatic carbocycles. The van der Waals surface area contributed by atoms with Crippen LogP contribution in [0.5, 0.6) is 0 Å². The number of likely N-dealkylation sites (tertiary alicyclic amines) is 1. The molecule has 0 spiro atoms. The number of nitrogens with one attached hydrogen (secondary N) is 2. The zero-order chi connectivity index (χ0) is 16.9. The van der Waals surface area contributed by atoms with Gasteiger partial charge in [0.25, 0.3) is 0 Å². The second-order valence-corrected chi connectivity index (χ2v) is 6.73. The Hall–Kier alpha value is -2.24. The minimum absolute atomic E-state index is 0.0600. The fourth-order valence-electron chi connectivity index (χ4n) is 3.47. The predicted octanol–water partition coefficient (Wildman–Crippen LogP) is 1.43. The van der Waals surface area contributed by atoms with Crippen molar-refractivity contribution in [2.45, 2.75) is 25.3 Å². The van der Waals surface area contributed by atoms with Crippen molar-refractivity contribution in [1.82, 2.24) is 15.5 Å². The third kappa shape index (κ3) is 3.99. The average molecular weight is 330 g/mol. The van der Waals surface area contributed by atoms with E-state index in [0.29, 0.717) is 19.6 Å². The van der Waals surface area contributed by atoms with Crippen molar-refractivity contribution in [3.63, 3.8) is 0 Å².